The summed E-state index contributed by atoms with van der Waals surface area (Å²) in [4.78, 5) is 4.02. The Bertz CT molecular complexity index is 611. The molecule has 4 nitrogen and oxygen atoms in total. The summed E-state index contributed by atoms with van der Waals surface area (Å²) in [5.41, 5.74) is 4.37. The lowest BCUT2D eigenvalue weighted by molar-refractivity contribution is 0.765. The van der Waals surface area contributed by atoms with Crippen LogP contribution in [0, 0.1) is 6.92 Å². The van der Waals surface area contributed by atoms with Crippen molar-refractivity contribution in [2.45, 2.75) is 6.92 Å². The van der Waals surface area contributed by atoms with Crippen LogP contribution < -0.4 is 10.3 Å². The molecule has 2 aromatic rings. The van der Waals surface area contributed by atoms with Crippen molar-refractivity contribution in [3.05, 3.63) is 66.9 Å². The van der Waals surface area contributed by atoms with E-state index in [-0.39, 0.29) is 0 Å². The predicted molar refractivity (Wildman–Crippen MR) is 85.3 cm³/mol. The molecule has 0 aliphatic carbocycles. The number of aromatic nitrogens is 2. The lowest BCUT2D eigenvalue weighted by Gasteiger charge is -2.15. The Morgan fingerprint density at radius 3 is 2.90 bits per heavy atom. The number of nitrogens with one attached hydrogen (secondary N) is 1. The van der Waals surface area contributed by atoms with Crippen molar-refractivity contribution < 1.29 is 0 Å². The number of aryl methyl sites for hydroxylation is 1. The summed E-state index contributed by atoms with van der Waals surface area (Å²) in [7, 11) is 3.88. The zero-order valence-corrected chi connectivity index (χ0v) is 12.2. The van der Waals surface area contributed by atoms with E-state index < -0.39 is 0 Å². The smallest absolute Gasteiger partial charge is 0.114 e. The normalized spacial score (nSPS) is 10.8. The van der Waals surface area contributed by atoms with Crippen molar-refractivity contribution in [1.82, 2.24) is 9.66 Å². The minimum absolute atomic E-state index is 0.963. The number of benzene rings is 1. The molecule has 0 unspecified atom stereocenters. The molecule has 2 rings (SSSR count). The van der Waals surface area contributed by atoms with Gasteiger partial charge in [0.05, 0.1) is 0 Å². The molecule has 0 bridgehead atoms. The average molecular weight is 268 g/mol. The number of rotatable bonds is 5. The molecule has 0 atom stereocenters. The van der Waals surface area contributed by atoms with Crippen molar-refractivity contribution in [2.24, 2.45) is 0 Å². The molecule has 0 aliphatic rings. The number of hydrogen-bond donors (Lipinski definition) is 1. The van der Waals surface area contributed by atoms with E-state index in [4.69, 9.17) is 0 Å². The van der Waals surface area contributed by atoms with Crippen LogP contribution in [0.2, 0.25) is 0 Å². The Balaban J connectivity index is 2.18. The molecule has 20 heavy (non-hydrogen) atoms. The Hall–Kier alpha value is -2.49. The number of hydrogen-bond acceptors (Lipinski definition) is 3. The van der Waals surface area contributed by atoms with Crippen molar-refractivity contribution in [2.75, 3.05) is 24.4 Å². The van der Waals surface area contributed by atoms with Crippen LogP contribution in [-0.2, 0) is 0 Å². The van der Waals surface area contributed by atoms with Crippen LogP contribution in [0.1, 0.15) is 11.1 Å². The molecular formula is C16H20N4. The van der Waals surface area contributed by atoms with Crippen LogP contribution in [0.15, 0.2) is 55.8 Å². The van der Waals surface area contributed by atoms with E-state index in [1.807, 2.05) is 42.3 Å². The molecule has 0 saturated carbocycles. The quantitative estimate of drug-likeness (QED) is 0.846. The van der Waals surface area contributed by atoms with Crippen molar-refractivity contribution in [3.63, 3.8) is 0 Å². The van der Waals surface area contributed by atoms with E-state index >= 15 is 0 Å². The lowest BCUT2D eigenvalue weighted by Crippen LogP contribution is -2.21. The van der Waals surface area contributed by atoms with Gasteiger partial charge in [0.2, 0.25) is 0 Å². The topological polar surface area (TPSA) is 33.1 Å². The summed E-state index contributed by atoms with van der Waals surface area (Å²) in [5.74, 6) is 0. The largest absolute Gasteiger partial charge is 0.388 e. The third kappa shape index (κ3) is 3.09. The average Bonchev–Trinajstić information content (AvgIpc) is 2.98. The maximum atomic E-state index is 4.15. The first-order chi connectivity index (χ1) is 9.61. The summed E-state index contributed by atoms with van der Waals surface area (Å²) < 4.78 is 1.89. The van der Waals surface area contributed by atoms with Gasteiger partial charge in [0.25, 0.3) is 0 Å². The highest BCUT2D eigenvalue weighted by Crippen LogP contribution is 2.24. The maximum absolute atomic E-state index is 4.15. The van der Waals surface area contributed by atoms with E-state index in [9.17, 15) is 0 Å². The Kier molecular flexibility index (Phi) is 4.25. The molecule has 0 amide bonds. The fourth-order valence-corrected chi connectivity index (χ4v) is 1.95. The molecule has 1 N–H and O–H groups in total. The van der Waals surface area contributed by atoms with Crippen molar-refractivity contribution in [3.8, 4) is 0 Å². The van der Waals surface area contributed by atoms with E-state index in [1.54, 1.807) is 12.5 Å². The van der Waals surface area contributed by atoms with Gasteiger partial charge in [-0.15, -0.1) is 0 Å². The van der Waals surface area contributed by atoms with Crippen molar-refractivity contribution >= 4 is 11.3 Å². The molecule has 0 saturated heterocycles. The van der Waals surface area contributed by atoms with Gasteiger partial charge in [-0.25, -0.2) is 9.66 Å². The molecule has 0 fully saturated rings. The second kappa shape index (κ2) is 6.10. The predicted octanol–water partition coefficient (Wildman–Crippen LogP) is 3.03. The van der Waals surface area contributed by atoms with E-state index in [2.05, 4.69) is 42.0 Å². The Morgan fingerprint density at radius 1 is 1.45 bits per heavy atom. The summed E-state index contributed by atoms with van der Waals surface area (Å²) in [6.07, 6.45) is 9.35. The minimum atomic E-state index is 0.963. The highest BCUT2D eigenvalue weighted by atomic mass is 15.5. The second-order valence-corrected chi connectivity index (χ2v) is 4.66. The van der Waals surface area contributed by atoms with Gasteiger partial charge in [0.15, 0.2) is 0 Å². The van der Waals surface area contributed by atoms with Gasteiger partial charge >= 0.3 is 0 Å². The monoisotopic (exact) mass is 268 g/mol. The Labute approximate surface area is 120 Å². The van der Waals surface area contributed by atoms with Gasteiger partial charge in [-0.3, -0.25) is 5.01 Å². The van der Waals surface area contributed by atoms with Crippen molar-refractivity contribution in [1.29, 1.82) is 0 Å². The second-order valence-electron chi connectivity index (χ2n) is 4.66. The summed E-state index contributed by atoms with van der Waals surface area (Å²) in [5, 5.41) is 5.13. The fraction of sp³-hybridized carbons (Fsp3) is 0.188. The maximum Gasteiger partial charge on any atom is 0.114 e. The molecule has 1 aromatic carbocycles. The summed E-state index contributed by atoms with van der Waals surface area (Å²) in [6, 6.07) is 6.29. The van der Waals surface area contributed by atoms with E-state index in [0.29, 0.717) is 0 Å². The van der Waals surface area contributed by atoms with Crippen LogP contribution in [0.3, 0.4) is 0 Å². The SMILES string of the molecule is C=C(/C=C\N(C)n1ccnc1)c1cc(C)ccc1NC. The van der Waals surface area contributed by atoms with Crippen LogP contribution in [0.4, 0.5) is 5.69 Å². The highest BCUT2D eigenvalue weighted by Gasteiger charge is 2.03. The first-order valence-electron chi connectivity index (χ1n) is 6.49. The zero-order valence-electron chi connectivity index (χ0n) is 12.2. The van der Waals surface area contributed by atoms with Crippen LogP contribution in [0.25, 0.3) is 5.57 Å². The first-order valence-corrected chi connectivity index (χ1v) is 6.49. The molecule has 1 aromatic heterocycles. The summed E-state index contributed by atoms with van der Waals surface area (Å²) in [6.45, 7) is 6.23. The lowest BCUT2D eigenvalue weighted by atomic mass is 10.0. The van der Waals surface area contributed by atoms with Gasteiger partial charge in [-0.2, -0.15) is 0 Å². The third-order valence-electron chi connectivity index (χ3n) is 3.14. The van der Waals surface area contributed by atoms with Gasteiger partial charge in [0, 0.05) is 43.9 Å². The van der Waals surface area contributed by atoms with E-state index in [0.717, 1.165) is 16.8 Å². The molecule has 1 heterocycles. The summed E-state index contributed by atoms with van der Waals surface area (Å²) >= 11 is 0. The highest BCUT2D eigenvalue weighted by molar-refractivity contribution is 5.81. The fourth-order valence-electron chi connectivity index (χ4n) is 1.95. The molecule has 0 radical (unpaired) electrons. The number of allylic oxidation sites excluding steroid dienone is 2. The number of nitrogens with zero attached hydrogens (tertiary/aromatic N) is 3. The first kappa shape index (κ1) is 13.9. The Morgan fingerprint density at radius 2 is 2.25 bits per heavy atom. The minimum Gasteiger partial charge on any atom is -0.388 e. The van der Waals surface area contributed by atoms with E-state index in [1.165, 1.54) is 5.56 Å². The third-order valence-corrected chi connectivity index (χ3v) is 3.14. The van der Waals surface area contributed by atoms with Crippen LogP contribution >= 0.6 is 0 Å². The molecule has 0 spiro atoms. The molecule has 0 aliphatic heterocycles. The van der Waals surface area contributed by atoms with Gasteiger partial charge in [-0.1, -0.05) is 18.2 Å². The molecular weight excluding hydrogens is 248 g/mol. The molecule has 4 heteroatoms. The standard InChI is InChI=1S/C16H20N4/c1-13-5-6-16(17-3)15(11-13)14(2)7-9-19(4)20-10-8-18-12-20/h5-12,17H,2H2,1,3-4H3/b9-7-. The number of imidazole rings is 1. The number of anilines is 1. The van der Waals surface area contributed by atoms with Crippen LogP contribution in [0.5, 0.6) is 0 Å². The van der Waals surface area contributed by atoms with Gasteiger partial charge in [0.1, 0.15) is 6.33 Å². The van der Waals surface area contributed by atoms with Gasteiger partial charge < -0.3 is 5.32 Å². The van der Waals surface area contributed by atoms with Gasteiger partial charge in [-0.05, 0) is 30.7 Å². The van der Waals surface area contributed by atoms with Crippen LogP contribution in [-0.4, -0.2) is 23.8 Å². The zero-order chi connectivity index (χ0) is 14.5. The molecule has 104 valence electrons.